The average molecular weight is 506 g/mol. The molecule has 3 aromatic heterocycles. The molecule has 0 spiro atoms. The zero-order chi connectivity index (χ0) is 25.6. The van der Waals surface area contributed by atoms with Crippen molar-refractivity contribution < 1.29 is 4.74 Å². The Morgan fingerprint density at radius 3 is 2.71 bits per heavy atom. The predicted molar refractivity (Wildman–Crippen MR) is 145 cm³/mol. The Bertz CT molecular complexity index is 1610. The monoisotopic (exact) mass is 505 g/mol. The molecule has 2 atom stereocenters. The highest BCUT2D eigenvalue weighted by Crippen LogP contribution is 2.62. The number of epoxide rings is 1. The molecular formula is C30H31N7O. The number of nitrogen functional groups attached to an aromatic ring is 1. The van der Waals surface area contributed by atoms with Gasteiger partial charge in [-0.1, -0.05) is 18.2 Å². The van der Waals surface area contributed by atoms with Gasteiger partial charge in [-0.05, 0) is 69.2 Å². The molecule has 1 aromatic carbocycles. The lowest BCUT2D eigenvalue weighted by Crippen LogP contribution is -2.52. The second-order valence-electron chi connectivity index (χ2n) is 12.0. The van der Waals surface area contributed by atoms with Gasteiger partial charge >= 0.3 is 0 Å². The lowest BCUT2D eigenvalue weighted by atomic mass is 9.50. The van der Waals surface area contributed by atoms with Gasteiger partial charge < -0.3 is 10.5 Å². The quantitative estimate of drug-likeness (QED) is 0.287. The third-order valence-electron chi connectivity index (χ3n) is 8.93. The molecule has 4 fully saturated rings. The number of anilines is 1. The van der Waals surface area contributed by atoms with Crippen LogP contribution in [-0.4, -0.2) is 42.8 Å². The molecule has 1 saturated heterocycles. The van der Waals surface area contributed by atoms with Gasteiger partial charge in [0.25, 0.3) is 0 Å². The van der Waals surface area contributed by atoms with Gasteiger partial charge in [-0.3, -0.25) is 10.00 Å². The third kappa shape index (κ3) is 3.35. The average Bonchev–Trinajstić information content (AvgIpc) is 3.86. The molecule has 3 saturated carbocycles. The summed E-state index contributed by atoms with van der Waals surface area (Å²) in [5, 5.41) is 12.9. The molecule has 1 aliphatic heterocycles. The fourth-order valence-electron chi connectivity index (χ4n) is 6.75. The van der Waals surface area contributed by atoms with Crippen LogP contribution in [0.2, 0.25) is 0 Å². The first-order chi connectivity index (χ1) is 18.5. The molecule has 0 radical (unpaired) electrons. The minimum Gasteiger partial charge on any atom is -0.382 e. The van der Waals surface area contributed by atoms with Crippen LogP contribution in [-0.2, 0) is 10.2 Å². The number of nitrogens with two attached hydrogens (primary N) is 1. The standard InChI is InChI=1S/C30H31N7O/c1-3-29(2)15-30(16-29,26-28(38-26)35-20-7-8-20)19-6-4-5-18(13-19)24-14-22(25-27(31)32-17-34-37(24)25)23-11-12-33-36(23)21-9-10-21/h1,4-6,11-14,17,20-21,26,28,35H,7-10,15-16H2,2H3,(H2,31,32,34)/t26?,28?,29-,30-. The fourth-order valence-corrected chi connectivity index (χ4v) is 6.75. The molecule has 192 valence electrons. The van der Waals surface area contributed by atoms with Crippen LogP contribution in [0.4, 0.5) is 5.82 Å². The molecule has 2 unspecified atom stereocenters. The Morgan fingerprint density at radius 1 is 1.11 bits per heavy atom. The lowest BCUT2D eigenvalue weighted by molar-refractivity contribution is 0.0643. The van der Waals surface area contributed by atoms with E-state index in [0.29, 0.717) is 17.9 Å². The molecule has 38 heavy (non-hydrogen) atoms. The van der Waals surface area contributed by atoms with Crippen LogP contribution >= 0.6 is 0 Å². The molecular weight excluding hydrogens is 474 g/mol. The minimum atomic E-state index is -0.107. The highest BCUT2D eigenvalue weighted by Gasteiger charge is 2.65. The van der Waals surface area contributed by atoms with E-state index in [9.17, 15) is 0 Å². The lowest BCUT2D eigenvalue weighted by Gasteiger charge is -2.52. The van der Waals surface area contributed by atoms with Gasteiger partial charge in [-0.15, -0.1) is 12.3 Å². The van der Waals surface area contributed by atoms with Crippen LogP contribution in [0, 0.1) is 17.8 Å². The van der Waals surface area contributed by atoms with Gasteiger partial charge in [0, 0.05) is 34.2 Å². The van der Waals surface area contributed by atoms with Crippen LogP contribution in [0.25, 0.3) is 28.0 Å². The highest BCUT2D eigenvalue weighted by molar-refractivity contribution is 5.91. The molecule has 3 aliphatic carbocycles. The Hall–Kier alpha value is -3.67. The fraction of sp³-hybridized carbons (Fsp3) is 0.433. The number of hydrogen-bond donors (Lipinski definition) is 2. The van der Waals surface area contributed by atoms with Crippen molar-refractivity contribution >= 4 is 11.3 Å². The van der Waals surface area contributed by atoms with Crippen molar-refractivity contribution in [3.63, 3.8) is 0 Å². The first-order valence-electron chi connectivity index (χ1n) is 13.6. The van der Waals surface area contributed by atoms with E-state index < -0.39 is 0 Å². The van der Waals surface area contributed by atoms with Crippen molar-refractivity contribution in [3.8, 4) is 34.9 Å². The maximum absolute atomic E-state index is 6.44. The maximum Gasteiger partial charge on any atom is 0.152 e. The summed E-state index contributed by atoms with van der Waals surface area (Å²) in [7, 11) is 0. The Kier molecular flexibility index (Phi) is 4.52. The van der Waals surface area contributed by atoms with Gasteiger partial charge in [0.2, 0.25) is 0 Å². The maximum atomic E-state index is 6.44. The summed E-state index contributed by atoms with van der Waals surface area (Å²) in [6.07, 6.45) is 16.2. The van der Waals surface area contributed by atoms with Crippen LogP contribution < -0.4 is 11.1 Å². The van der Waals surface area contributed by atoms with Gasteiger partial charge in [0.1, 0.15) is 24.2 Å². The van der Waals surface area contributed by atoms with Crippen molar-refractivity contribution in [2.45, 2.75) is 75.3 Å². The summed E-state index contributed by atoms with van der Waals surface area (Å²) in [6.45, 7) is 2.19. The van der Waals surface area contributed by atoms with E-state index in [2.05, 4.69) is 74.4 Å². The SMILES string of the molecule is C#C[C@]1(C)C[C@@](c2cccc(-c3cc(-c4ccnn4C4CC4)c4c(N)ncnn34)c2)(C2OC2NC2CC2)C1. The third-order valence-corrected chi connectivity index (χ3v) is 8.93. The Morgan fingerprint density at radius 2 is 1.95 bits per heavy atom. The van der Waals surface area contributed by atoms with Gasteiger partial charge in [-0.2, -0.15) is 10.2 Å². The molecule has 8 rings (SSSR count). The first kappa shape index (κ1) is 22.3. The number of hydrogen-bond acceptors (Lipinski definition) is 6. The van der Waals surface area contributed by atoms with E-state index in [-0.39, 0.29) is 23.2 Å². The zero-order valence-electron chi connectivity index (χ0n) is 21.5. The van der Waals surface area contributed by atoms with Gasteiger partial charge in [0.05, 0.1) is 17.4 Å². The second-order valence-corrected chi connectivity index (χ2v) is 12.0. The Labute approximate surface area is 221 Å². The number of ether oxygens (including phenoxy) is 1. The van der Waals surface area contributed by atoms with Gasteiger partial charge in [0.15, 0.2) is 5.82 Å². The molecule has 0 bridgehead atoms. The summed E-state index contributed by atoms with van der Waals surface area (Å²) in [6, 6.07) is 14.1. The van der Waals surface area contributed by atoms with Crippen molar-refractivity contribution in [1.82, 2.24) is 29.7 Å². The van der Waals surface area contributed by atoms with E-state index >= 15 is 0 Å². The molecule has 8 heteroatoms. The summed E-state index contributed by atoms with van der Waals surface area (Å²) in [5.74, 6) is 3.51. The number of rotatable bonds is 7. The van der Waals surface area contributed by atoms with E-state index in [0.717, 1.165) is 53.7 Å². The van der Waals surface area contributed by atoms with Crippen molar-refractivity contribution in [1.29, 1.82) is 0 Å². The minimum absolute atomic E-state index is 0.0990. The summed E-state index contributed by atoms with van der Waals surface area (Å²) in [5.41, 5.74) is 12.4. The molecule has 0 amide bonds. The highest BCUT2D eigenvalue weighted by atomic mass is 16.6. The molecule has 3 N–H and O–H groups in total. The largest absolute Gasteiger partial charge is 0.382 e. The molecule has 4 aromatic rings. The zero-order valence-corrected chi connectivity index (χ0v) is 21.5. The summed E-state index contributed by atoms with van der Waals surface area (Å²) in [4.78, 5) is 4.32. The topological polar surface area (TPSA) is 98.6 Å². The number of terminal acetylenes is 1. The number of fused-ring (bicyclic) bond motifs is 1. The molecule has 8 nitrogen and oxygen atoms in total. The summed E-state index contributed by atoms with van der Waals surface area (Å²) < 4.78 is 10.3. The van der Waals surface area contributed by atoms with E-state index in [1.54, 1.807) is 0 Å². The van der Waals surface area contributed by atoms with Crippen LogP contribution in [0.5, 0.6) is 0 Å². The van der Waals surface area contributed by atoms with Crippen LogP contribution in [0.15, 0.2) is 48.9 Å². The van der Waals surface area contributed by atoms with Crippen LogP contribution in [0.3, 0.4) is 0 Å². The van der Waals surface area contributed by atoms with E-state index in [4.69, 9.17) is 16.9 Å². The summed E-state index contributed by atoms with van der Waals surface area (Å²) >= 11 is 0. The smallest absolute Gasteiger partial charge is 0.152 e. The normalized spacial score (nSPS) is 30.2. The molecule has 4 aliphatic rings. The number of benzene rings is 1. The van der Waals surface area contributed by atoms with E-state index in [1.807, 2.05) is 10.7 Å². The number of nitrogens with one attached hydrogen (secondary N) is 1. The second kappa shape index (κ2) is 7.68. The van der Waals surface area contributed by atoms with Crippen molar-refractivity contribution in [2.75, 3.05) is 5.73 Å². The number of nitrogens with zero attached hydrogens (tertiary/aromatic N) is 5. The van der Waals surface area contributed by atoms with E-state index in [1.165, 1.54) is 24.7 Å². The van der Waals surface area contributed by atoms with Gasteiger partial charge in [-0.25, -0.2) is 9.50 Å². The number of aromatic nitrogens is 5. The Balaban J connectivity index is 1.23. The van der Waals surface area contributed by atoms with Crippen molar-refractivity contribution in [2.24, 2.45) is 5.41 Å². The molecule has 4 heterocycles. The van der Waals surface area contributed by atoms with Crippen LogP contribution in [0.1, 0.15) is 57.1 Å². The predicted octanol–water partition coefficient (Wildman–Crippen LogP) is 4.32. The first-order valence-corrected chi connectivity index (χ1v) is 13.6. The van der Waals surface area contributed by atoms with Crippen molar-refractivity contribution in [3.05, 3.63) is 54.5 Å².